The van der Waals surface area contributed by atoms with Gasteiger partial charge in [-0.05, 0) is 74.0 Å². The third kappa shape index (κ3) is 9.14. The lowest BCUT2D eigenvalue weighted by Crippen LogP contribution is -2.58. The zero-order chi connectivity index (χ0) is 30.5. The van der Waals surface area contributed by atoms with Gasteiger partial charge in [0, 0.05) is 32.5 Å². The topological polar surface area (TPSA) is 90.5 Å². The van der Waals surface area contributed by atoms with E-state index in [-0.39, 0.29) is 17.7 Å². The fraction of sp³-hybridized carbons (Fsp3) is 0.472. The zero-order valence-corrected chi connectivity index (χ0v) is 25.9. The molecule has 7 heteroatoms. The molecule has 1 saturated heterocycles. The second-order valence-electron chi connectivity index (χ2n) is 11.8. The average Bonchev–Trinajstić information content (AvgIpc) is 3.02. The molecule has 0 bridgehead atoms. The maximum Gasteiger partial charge on any atom is 0.245 e. The van der Waals surface area contributed by atoms with Crippen LogP contribution in [0.25, 0.3) is 10.8 Å². The van der Waals surface area contributed by atoms with Crippen LogP contribution in [0.5, 0.6) is 0 Å². The molecule has 1 heterocycles. The van der Waals surface area contributed by atoms with Gasteiger partial charge in [-0.25, -0.2) is 0 Å². The van der Waals surface area contributed by atoms with Gasteiger partial charge in [-0.15, -0.1) is 0 Å². The van der Waals surface area contributed by atoms with Crippen molar-refractivity contribution in [3.63, 3.8) is 0 Å². The Labute approximate surface area is 256 Å². The van der Waals surface area contributed by atoms with Crippen molar-refractivity contribution in [1.82, 2.24) is 20.9 Å². The zero-order valence-electron chi connectivity index (χ0n) is 25.9. The van der Waals surface area contributed by atoms with Gasteiger partial charge in [0.05, 0.1) is 5.41 Å². The van der Waals surface area contributed by atoms with Gasteiger partial charge in [0.15, 0.2) is 0 Å². The van der Waals surface area contributed by atoms with Crippen molar-refractivity contribution in [2.75, 3.05) is 32.7 Å². The molecule has 0 aromatic heterocycles. The van der Waals surface area contributed by atoms with E-state index in [9.17, 15) is 14.4 Å². The van der Waals surface area contributed by atoms with Gasteiger partial charge in [-0.2, -0.15) is 0 Å². The number of hydrogen-bond acceptors (Lipinski definition) is 4. The van der Waals surface area contributed by atoms with E-state index in [2.05, 4.69) is 47.1 Å². The number of rotatable bonds is 15. The molecule has 0 spiro atoms. The number of piperidine rings is 1. The predicted octanol–water partition coefficient (Wildman–Crippen LogP) is 5.02. The summed E-state index contributed by atoms with van der Waals surface area (Å²) in [7, 11) is 0. The van der Waals surface area contributed by atoms with E-state index >= 15 is 0 Å². The van der Waals surface area contributed by atoms with Gasteiger partial charge in [0.25, 0.3) is 0 Å². The molecule has 0 aliphatic carbocycles. The number of carbonyl (C=O) groups excluding carboxylic acids is 3. The summed E-state index contributed by atoms with van der Waals surface area (Å²) in [5, 5.41) is 11.7. The van der Waals surface area contributed by atoms with Gasteiger partial charge in [-0.1, -0.05) is 86.1 Å². The first-order valence-electron chi connectivity index (χ1n) is 16.0. The Kier molecular flexibility index (Phi) is 12.2. The van der Waals surface area contributed by atoms with Gasteiger partial charge >= 0.3 is 0 Å². The van der Waals surface area contributed by atoms with Crippen LogP contribution in [-0.2, 0) is 27.2 Å². The lowest BCUT2D eigenvalue weighted by molar-refractivity contribution is -0.144. The lowest BCUT2D eigenvalue weighted by atomic mass is 9.74. The van der Waals surface area contributed by atoms with Crippen LogP contribution in [0.1, 0.15) is 63.5 Å². The quantitative estimate of drug-likeness (QED) is 0.219. The van der Waals surface area contributed by atoms with Crippen LogP contribution in [-0.4, -0.2) is 61.4 Å². The van der Waals surface area contributed by atoms with Crippen LogP contribution >= 0.6 is 0 Å². The predicted molar refractivity (Wildman–Crippen MR) is 174 cm³/mol. The van der Waals surface area contributed by atoms with Crippen LogP contribution in [0.3, 0.4) is 0 Å². The number of hydrogen-bond donors (Lipinski definition) is 3. The molecule has 3 aromatic rings. The van der Waals surface area contributed by atoms with Crippen molar-refractivity contribution >= 4 is 28.5 Å². The Balaban J connectivity index is 1.53. The van der Waals surface area contributed by atoms with E-state index in [1.54, 1.807) is 0 Å². The Hall–Kier alpha value is -3.71. The molecule has 2 atom stereocenters. The molecule has 3 amide bonds. The van der Waals surface area contributed by atoms with E-state index in [4.69, 9.17) is 0 Å². The van der Waals surface area contributed by atoms with Crippen LogP contribution in [0.2, 0.25) is 0 Å². The first kappa shape index (κ1) is 32.2. The standard InChI is InChI=1S/C36H48N4O3/c1-3-37-22-12-6-9-18-33(41)39-32(25-29-19-20-30-16-10-11-17-31(30)24-29)34(42)40-23-13-21-36(27-40,35(43)38-4-2)26-28-14-7-5-8-15-28/h5,7-8,10-11,14-17,19-20,24,32,37H,3-4,6,9,12-13,18,21-23,25-27H2,1-2H3,(H,38,43)(H,39,41)/t32?,36-/m0/s1. The molecular formula is C36H48N4O3. The van der Waals surface area contributed by atoms with E-state index in [0.717, 1.165) is 60.7 Å². The number of amides is 3. The molecule has 230 valence electrons. The molecule has 0 radical (unpaired) electrons. The Morgan fingerprint density at radius 1 is 0.860 bits per heavy atom. The molecule has 4 rings (SSSR count). The first-order chi connectivity index (χ1) is 20.9. The van der Waals surface area contributed by atoms with E-state index in [0.29, 0.717) is 45.3 Å². The number of nitrogens with one attached hydrogen (secondary N) is 3. The number of unbranched alkanes of at least 4 members (excludes halogenated alkanes) is 2. The minimum absolute atomic E-state index is 0.0102. The highest BCUT2D eigenvalue weighted by Gasteiger charge is 2.44. The Morgan fingerprint density at radius 2 is 1.63 bits per heavy atom. The smallest absolute Gasteiger partial charge is 0.245 e. The van der Waals surface area contributed by atoms with Gasteiger partial charge in [0.2, 0.25) is 17.7 Å². The monoisotopic (exact) mass is 584 g/mol. The van der Waals surface area contributed by atoms with Crippen molar-refractivity contribution in [2.45, 2.75) is 71.3 Å². The fourth-order valence-corrected chi connectivity index (χ4v) is 6.24. The van der Waals surface area contributed by atoms with Crippen LogP contribution in [0, 0.1) is 5.41 Å². The van der Waals surface area contributed by atoms with Gasteiger partial charge in [-0.3, -0.25) is 14.4 Å². The van der Waals surface area contributed by atoms with Crippen LogP contribution in [0.15, 0.2) is 72.8 Å². The highest BCUT2D eigenvalue weighted by Crippen LogP contribution is 2.35. The number of benzene rings is 3. The second-order valence-corrected chi connectivity index (χ2v) is 11.8. The molecule has 0 saturated carbocycles. The normalized spacial score (nSPS) is 17.4. The summed E-state index contributed by atoms with van der Waals surface area (Å²) in [6.45, 7) is 7.36. The number of carbonyl (C=O) groups is 3. The van der Waals surface area contributed by atoms with Crippen molar-refractivity contribution in [2.24, 2.45) is 5.41 Å². The SMILES string of the molecule is CCNCCCCCC(=O)NC(Cc1ccc2ccccc2c1)C(=O)N1CCC[C@@](Cc2ccccc2)(C(=O)NCC)C1. The molecule has 1 aliphatic rings. The van der Waals surface area contributed by atoms with Gasteiger partial charge < -0.3 is 20.9 Å². The minimum Gasteiger partial charge on any atom is -0.356 e. The summed E-state index contributed by atoms with van der Waals surface area (Å²) >= 11 is 0. The van der Waals surface area contributed by atoms with Crippen LogP contribution < -0.4 is 16.0 Å². The van der Waals surface area contributed by atoms with E-state index in [1.165, 1.54) is 0 Å². The van der Waals surface area contributed by atoms with Crippen molar-refractivity contribution < 1.29 is 14.4 Å². The molecule has 7 nitrogen and oxygen atoms in total. The van der Waals surface area contributed by atoms with Crippen molar-refractivity contribution in [3.8, 4) is 0 Å². The average molecular weight is 585 g/mol. The maximum absolute atomic E-state index is 14.2. The molecule has 3 N–H and O–H groups in total. The van der Waals surface area contributed by atoms with Crippen molar-refractivity contribution in [3.05, 3.63) is 83.9 Å². The summed E-state index contributed by atoms with van der Waals surface area (Å²) in [5.41, 5.74) is 1.37. The third-order valence-corrected chi connectivity index (χ3v) is 8.49. The largest absolute Gasteiger partial charge is 0.356 e. The molecular weight excluding hydrogens is 536 g/mol. The summed E-state index contributed by atoms with van der Waals surface area (Å²) in [6.07, 6.45) is 5.59. The van der Waals surface area contributed by atoms with Gasteiger partial charge in [0.1, 0.15) is 6.04 Å². The summed E-state index contributed by atoms with van der Waals surface area (Å²) in [6, 6.07) is 23.7. The lowest BCUT2D eigenvalue weighted by Gasteiger charge is -2.43. The molecule has 3 aromatic carbocycles. The van der Waals surface area contributed by atoms with E-state index in [1.807, 2.05) is 60.4 Å². The summed E-state index contributed by atoms with van der Waals surface area (Å²) in [5.74, 6) is -0.224. The highest BCUT2D eigenvalue weighted by molar-refractivity contribution is 5.90. The summed E-state index contributed by atoms with van der Waals surface area (Å²) in [4.78, 5) is 42.7. The van der Waals surface area contributed by atoms with Crippen LogP contribution in [0.4, 0.5) is 0 Å². The Bertz CT molecular complexity index is 1340. The summed E-state index contributed by atoms with van der Waals surface area (Å²) < 4.78 is 0. The maximum atomic E-state index is 14.2. The molecule has 43 heavy (non-hydrogen) atoms. The molecule has 1 fully saturated rings. The highest BCUT2D eigenvalue weighted by atomic mass is 16.2. The van der Waals surface area contributed by atoms with Crippen molar-refractivity contribution in [1.29, 1.82) is 0 Å². The first-order valence-corrected chi connectivity index (χ1v) is 16.0. The molecule has 1 unspecified atom stereocenters. The number of fused-ring (bicyclic) bond motifs is 1. The fourth-order valence-electron chi connectivity index (χ4n) is 6.24. The number of nitrogens with zero attached hydrogens (tertiary/aromatic N) is 1. The molecule has 1 aliphatic heterocycles. The third-order valence-electron chi connectivity index (χ3n) is 8.49. The Morgan fingerprint density at radius 3 is 2.40 bits per heavy atom. The van der Waals surface area contributed by atoms with E-state index < -0.39 is 11.5 Å². The number of likely N-dealkylation sites (tertiary alicyclic amines) is 1. The minimum atomic E-state index is -0.713. The second kappa shape index (κ2) is 16.2.